The Morgan fingerprint density at radius 1 is 1.13 bits per heavy atom. The highest BCUT2D eigenvalue weighted by Crippen LogP contribution is 2.29. The molecule has 122 valence electrons. The quantitative estimate of drug-likeness (QED) is 0.859. The Morgan fingerprint density at radius 2 is 1.83 bits per heavy atom. The zero-order chi connectivity index (χ0) is 16.4. The molecule has 6 heteroatoms. The first kappa shape index (κ1) is 15.8. The summed E-state index contributed by atoms with van der Waals surface area (Å²) in [6.07, 6.45) is -2.47. The van der Waals surface area contributed by atoms with Crippen LogP contribution in [-0.2, 0) is 12.7 Å². The number of benzene rings is 1. The smallest absolute Gasteiger partial charge is 0.416 e. The van der Waals surface area contributed by atoms with E-state index in [0.29, 0.717) is 6.54 Å². The summed E-state index contributed by atoms with van der Waals surface area (Å²) in [5.41, 5.74) is 1.20. The molecule has 0 spiro atoms. The lowest BCUT2D eigenvalue weighted by Crippen LogP contribution is -2.53. The molecule has 0 saturated carbocycles. The summed E-state index contributed by atoms with van der Waals surface area (Å²) < 4.78 is 43.3. The molecule has 2 aromatic rings. The predicted molar refractivity (Wildman–Crippen MR) is 80.1 cm³/mol. The highest BCUT2D eigenvalue weighted by Gasteiger charge is 2.31. The lowest BCUT2D eigenvalue weighted by molar-refractivity contribution is -0.137. The second kappa shape index (κ2) is 6.20. The number of aryl methyl sites for hydroxylation is 1. The molecule has 0 atom stereocenters. The number of alkyl halides is 3. The van der Waals surface area contributed by atoms with E-state index in [2.05, 4.69) is 9.88 Å². The van der Waals surface area contributed by atoms with Crippen molar-refractivity contribution in [2.75, 3.05) is 13.1 Å². The molecule has 1 aliphatic heterocycles. The van der Waals surface area contributed by atoms with Gasteiger partial charge in [-0.3, -0.25) is 9.88 Å². The third kappa shape index (κ3) is 4.01. The van der Waals surface area contributed by atoms with Crippen molar-refractivity contribution in [3.8, 4) is 5.75 Å². The first-order valence-electron chi connectivity index (χ1n) is 7.38. The maximum absolute atomic E-state index is 12.5. The van der Waals surface area contributed by atoms with E-state index in [1.54, 1.807) is 6.20 Å². The second-order valence-corrected chi connectivity index (χ2v) is 5.76. The van der Waals surface area contributed by atoms with Crippen molar-refractivity contribution in [1.82, 2.24) is 9.88 Å². The summed E-state index contributed by atoms with van der Waals surface area (Å²) in [7, 11) is 0. The predicted octanol–water partition coefficient (Wildman–Crippen LogP) is 3.67. The van der Waals surface area contributed by atoms with Crippen molar-refractivity contribution < 1.29 is 17.9 Å². The molecule has 1 saturated heterocycles. The molecule has 3 nitrogen and oxygen atoms in total. The number of nitrogens with zero attached hydrogens (tertiary/aromatic N) is 2. The lowest BCUT2D eigenvalue weighted by atomic mass is 10.1. The summed E-state index contributed by atoms with van der Waals surface area (Å²) >= 11 is 0. The van der Waals surface area contributed by atoms with E-state index < -0.39 is 11.7 Å². The van der Waals surface area contributed by atoms with Gasteiger partial charge in [0.25, 0.3) is 0 Å². The summed E-state index contributed by atoms with van der Waals surface area (Å²) in [5, 5.41) is 0. The van der Waals surface area contributed by atoms with Crippen LogP contribution in [0.5, 0.6) is 5.75 Å². The van der Waals surface area contributed by atoms with E-state index in [-0.39, 0.29) is 6.10 Å². The maximum atomic E-state index is 12.5. The van der Waals surface area contributed by atoms with E-state index >= 15 is 0 Å². The fourth-order valence-corrected chi connectivity index (χ4v) is 2.50. The number of rotatable bonds is 4. The average molecular weight is 322 g/mol. The number of ether oxygens (including phenoxy) is 1. The van der Waals surface area contributed by atoms with Crippen LogP contribution in [0.3, 0.4) is 0 Å². The maximum Gasteiger partial charge on any atom is 0.416 e. The van der Waals surface area contributed by atoms with Crippen LogP contribution in [0.1, 0.15) is 16.8 Å². The van der Waals surface area contributed by atoms with Gasteiger partial charge in [-0.05, 0) is 36.8 Å². The van der Waals surface area contributed by atoms with Gasteiger partial charge in [-0.15, -0.1) is 0 Å². The van der Waals surface area contributed by atoms with Gasteiger partial charge in [0.1, 0.15) is 11.9 Å². The van der Waals surface area contributed by atoms with Gasteiger partial charge in [-0.25, -0.2) is 0 Å². The van der Waals surface area contributed by atoms with Crippen molar-refractivity contribution in [3.05, 3.63) is 59.4 Å². The number of hydrogen-bond acceptors (Lipinski definition) is 3. The van der Waals surface area contributed by atoms with Gasteiger partial charge in [-0.1, -0.05) is 12.1 Å². The first-order chi connectivity index (χ1) is 10.9. The van der Waals surface area contributed by atoms with Crippen molar-refractivity contribution in [2.24, 2.45) is 0 Å². The van der Waals surface area contributed by atoms with Crippen LogP contribution in [0, 0.1) is 6.92 Å². The van der Waals surface area contributed by atoms with E-state index in [1.165, 1.54) is 12.1 Å². The van der Waals surface area contributed by atoms with Crippen LogP contribution in [0.2, 0.25) is 0 Å². The van der Waals surface area contributed by atoms with E-state index in [0.717, 1.165) is 42.2 Å². The minimum absolute atomic E-state index is 0.106. The lowest BCUT2D eigenvalue weighted by Gasteiger charge is -2.39. The first-order valence-corrected chi connectivity index (χ1v) is 7.38. The minimum atomic E-state index is -4.28. The highest BCUT2D eigenvalue weighted by molar-refractivity contribution is 5.25. The molecule has 0 aliphatic carbocycles. The number of aromatic nitrogens is 1. The van der Waals surface area contributed by atoms with Crippen LogP contribution in [0.25, 0.3) is 0 Å². The van der Waals surface area contributed by atoms with Crippen LogP contribution in [-0.4, -0.2) is 29.1 Å². The number of pyridine rings is 1. The largest absolute Gasteiger partial charge is 0.486 e. The number of hydrogen-bond donors (Lipinski definition) is 0. The Labute approximate surface area is 132 Å². The summed E-state index contributed by atoms with van der Waals surface area (Å²) in [6.45, 7) is 4.06. The third-order valence-electron chi connectivity index (χ3n) is 3.80. The Hall–Kier alpha value is -2.08. The van der Waals surface area contributed by atoms with Crippen molar-refractivity contribution in [3.63, 3.8) is 0 Å². The molecule has 3 rings (SSSR count). The zero-order valence-corrected chi connectivity index (χ0v) is 12.7. The van der Waals surface area contributed by atoms with Gasteiger partial charge in [0.2, 0.25) is 0 Å². The standard InChI is InChI=1S/C17H17F3N2O/c1-12-2-7-15(8-21-12)23-16-10-22(11-16)9-13-3-5-14(6-4-13)17(18,19)20/h2-8,16H,9-11H2,1H3. The Morgan fingerprint density at radius 3 is 2.39 bits per heavy atom. The molecule has 1 aromatic carbocycles. The van der Waals surface area contributed by atoms with E-state index in [1.807, 2.05) is 19.1 Å². The highest BCUT2D eigenvalue weighted by atomic mass is 19.4. The normalized spacial score (nSPS) is 16.2. The zero-order valence-electron chi connectivity index (χ0n) is 12.7. The van der Waals surface area contributed by atoms with E-state index in [4.69, 9.17) is 4.74 Å². The Bertz CT molecular complexity index is 647. The molecule has 0 bridgehead atoms. The monoisotopic (exact) mass is 322 g/mol. The van der Waals surface area contributed by atoms with Gasteiger partial charge in [0, 0.05) is 25.3 Å². The summed E-state index contributed by atoms with van der Waals surface area (Å²) in [4.78, 5) is 6.31. The van der Waals surface area contributed by atoms with Gasteiger partial charge >= 0.3 is 6.18 Å². The van der Waals surface area contributed by atoms with Gasteiger partial charge in [-0.2, -0.15) is 13.2 Å². The van der Waals surface area contributed by atoms with Crippen molar-refractivity contribution in [2.45, 2.75) is 25.7 Å². The Balaban J connectivity index is 1.47. The van der Waals surface area contributed by atoms with Crippen molar-refractivity contribution in [1.29, 1.82) is 0 Å². The molecule has 1 aliphatic rings. The SMILES string of the molecule is Cc1ccc(OC2CN(Cc3ccc(C(F)(F)F)cc3)C2)cn1. The van der Waals surface area contributed by atoms with Crippen LogP contribution < -0.4 is 4.74 Å². The minimum Gasteiger partial charge on any atom is -0.486 e. The molecule has 1 aromatic heterocycles. The number of halogens is 3. The van der Waals surface area contributed by atoms with Gasteiger partial charge in [0.15, 0.2) is 0 Å². The molecular weight excluding hydrogens is 305 g/mol. The average Bonchev–Trinajstić information content (AvgIpc) is 2.47. The number of likely N-dealkylation sites (tertiary alicyclic amines) is 1. The molecule has 0 radical (unpaired) electrons. The molecule has 0 unspecified atom stereocenters. The van der Waals surface area contributed by atoms with Crippen LogP contribution in [0.4, 0.5) is 13.2 Å². The molecule has 1 fully saturated rings. The molecule has 23 heavy (non-hydrogen) atoms. The fraction of sp³-hybridized carbons (Fsp3) is 0.353. The fourth-order valence-electron chi connectivity index (χ4n) is 2.50. The summed E-state index contributed by atoms with van der Waals surface area (Å²) in [5.74, 6) is 0.745. The van der Waals surface area contributed by atoms with Crippen LogP contribution >= 0.6 is 0 Å². The third-order valence-corrected chi connectivity index (χ3v) is 3.80. The second-order valence-electron chi connectivity index (χ2n) is 5.76. The van der Waals surface area contributed by atoms with Crippen molar-refractivity contribution >= 4 is 0 Å². The molecule has 2 heterocycles. The van der Waals surface area contributed by atoms with Crippen LogP contribution in [0.15, 0.2) is 42.6 Å². The Kier molecular flexibility index (Phi) is 4.26. The van der Waals surface area contributed by atoms with Gasteiger partial charge in [0.05, 0.1) is 11.8 Å². The van der Waals surface area contributed by atoms with Gasteiger partial charge < -0.3 is 4.74 Å². The molecule has 0 amide bonds. The summed E-state index contributed by atoms with van der Waals surface area (Å²) in [6, 6.07) is 9.10. The molecule has 0 N–H and O–H groups in total. The van der Waals surface area contributed by atoms with E-state index in [9.17, 15) is 13.2 Å². The topological polar surface area (TPSA) is 25.4 Å². The molecular formula is C17H17F3N2O.